The molecule has 3 heterocycles. The third kappa shape index (κ3) is 6.93. The second-order valence-corrected chi connectivity index (χ2v) is 12.5. The van der Waals surface area contributed by atoms with Crippen molar-refractivity contribution in [3.63, 3.8) is 0 Å². The van der Waals surface area contributed by atoms with Gasteiger partial charge in [-0.3, -0.25) is 4.72 Å². The predicted molar refractivity (Wildman–Crippen MR) is 162 cm³/mol. The van der Waals surface area contributed by atoms with Gasteiger partial charge in [0.2, 0.25) is 21.9 Å². The zero-order chi connectivity index (χ0) is 29.9. The first-order chi connectivity index (χ1) is 20.1. The molecule has 1 aliphatic rings. The molecular formula is C30H36FN7O3S. The van der Waals surface area contributed by atoms with E-state index in [1.54, 1.807) is 18.3 Å². The molecule has 0 amide bonds. The lowest BCUT2D eigenvalue weighted by atomic mass is 9.91. The SMILES string of the molecule is CCc1cc(-c2ccc(NS(=O)(=O)Cc3ccc(F)cc3)nc2OC)nc2cnc(N[C@H]3CC[C@H](N(C)C)CC3)nc12. The van der Waals surface area contributed by atoms with E-state index in [4.69, 9.17) is 14.7 Å². The van der Waals surface area contributed by atoms with Crippen molar-refractivity contribution in [2.75, 3.05) is 31.2 Å². The Bertz CT molecular complexity index is 1660. The maximum atomic E-state index is 13.2. The highest BCUT2D eigenvalue weighted by molar-refractivity contribution is 7.91. The van der Waals surface area contributed by atoms with E-state index in [0.29, 0.717) is 40.4 Å². The lowest BCUT2D eigenvalue weighted by molar-refractivity contribution is 0.221. The summed E-state index contributed by atoms with van der Waals surface area (Å²) in [7, 11) is 1.95. The Kier molecular flexibility index (Phi) is 8.83. The minimum absolute atomic E-state index is 0.105. The maximum Gasteiger partial charge on any atom is 0.238 e. The molecule has 3 aromatic heterocycles. The number of rotatable bonds is 10. The average molecular weight is 594 g/mol. The number of nitrogens with zero attached hydrogens (tertiary/aromatic N) is 5. The van der Waals surface area contributed by atoms with Crippen molar-refractivity contribution < 1.29 is 17.5 Å². The molecule has 0 unspecified atom stereocenters. The molecular weight excluding hydrogens is 557 g/mol. The van der Waals surface area contributed by atoms with Gasteiger partial charge in [-0.05, 0) is 87.7 Å². The van der Waals surface area contributed by atoms with Crippen molar-refractivity contribution in [2.24, 2.45) is 0 Å². The van der Waals surface area contributed by atoms with Crippen LogP contribution in [-0.2, 0) is 22.2 Å². The third-order valence-corrected chi connectivity index (χ3v) is 8.86. The van der Waals surface area contributed by atoms with E-state index < -0.39 is 15.8 Å². The number of aryl methyl sites for hydroxylation is 1. The van der Waals surface area contributed by atoms with Crippen LogP contribution in [0.2, 0.25) is 0 Å². The van der Waals surface area contributed by atoms with E-state index in [-0.39, 0.29) is 17.5 Å². The number of aromatic nitrogens is 4. The molecule has 4 aromatic rings. The summed E-state index contributed by atoms with van der Waals surface area (Å²) in [6.45, 7) is 2.06. The lowest BCUT2D eigenvalue weighted by Gasteiger charge is -2.32. The number of methoxy groups -OCH3 is 1. The Hall–Kier alpha value is -3.90. The van der Waals surface area contributed by atoms with Gasteiger partial charge in [0, 0.05) is 12.1 Å². The average Bonchev–Trinajstić information content (AvgIpc) is 2.97. The highest BCUT2D eigenvalue weighted by Crippen LogP contribution is 2.32. The smallest absolute Gasteiger partial charge is 0.238 e. The number of fused-ring (bicyclic) bond motifs is 1. The number of nitrogens with one attached hydrogen (secondary N) is 2. The van der Waals surface area contributed by atoms with Gasteiger partial charge in [-0.2, -0.15) is 4.98 Å². The molecule has 1 fully saturated rings. The first kappa shape index (κ1) is 29.6. The Morgan fingerprint density at radius 1 is 1.02 bits per heavy atom. The zero-order valence-electron chi connectivity index (χ0n) is 24.3. The summed E-state index contributed by atoms with van der Waals surface area (Å²) in [5.74, 6) is 0.184. The monoisotopic (exact) mass is 593 g/mol. The van der Waals surface area contributed by atoms with E-state index >= 15 is 0 Å². The topological polar surface area (TPSA) is 122 Å². The van der Waals surface area contributed by atoms with Gasteiger partial charge in [0.15, 0.2) is 0 Å². The second kappa shape index (κ2) is 12.5. The van der Waals surface area contributed by atoms with Gasteiger partial charge in [-0.15, -0.1) is 0 Å². The number of halogens is 1. The summed E-state index contributed by atoms with van der Waals surface area (Å²) in [6.07, 6.45) is 6.91. The molecule has 1 aliphatic carbocycles. The van der Waals surface area contributed by atoms with Crippen molar-refractivity contribution >= 4 is 32.8 Å². The third-order valence-electron chi connectivity index (χ3n) is 7.63. The van der Waals surface area contributed by atoms with Crippen LogP contribution in [0.1, 0.15) is 43.7 Å². The first-order valence-electron chi connectivity index (χ1n) is 14.0. The van der Waals surface area contributed by atoms with Crippen molar-refractivity contribution in [1.29, 1.82) is 0 Å². The van der Waals surface area contributed by atoms with Crippen LogP contribution >= 0.6 is 0 Å². The van der Waals surface area contributed by atoms with E-state index in [1.165, 1.54) is 31.4 Å². The van der Waals surface area contributed by atoms with Crippen LogP contribution in [0.5, 0.6) is 5.88 Å². The minimum atomic E-state index is -3.79. The first-order valence-corrected chi connectivity index (χ1v) is 15.7. The number of hydrogen-bond acceptors (Lipinski definition) is 9. The van der Waals surface area contributed by atoms with Crippen LogP contribution < -0.4 is 14.8 Å². The molecule has 1 aromatic carbocycles. The van der Waals surface area contributed by atoms with Crippen molar-refractivity contribution in [3.8, 4) is 17.1 Å². The lowest BCUT2D eigenvalue weighted by Crippen LogP contribution is -2.36. The minimum Gasteiger partial charge on any atom is -0.480 e. The van der Waals surface area contributed by atoms with Crippen LogP contribution in [0.15, 0.2) is 48.7 Å². The van der Waals surface area contributed by atoms with Crippen molar-refractivity contribution in [3.05, 3.63) is 65.6 Å². The molecule has 0 aliphatic heterocycles. The van der Waals surface area contributed by atoms with Crippen LogP contribution in [-0.4, -0.2) is 66.5 Å². The van der Waals surface area contributed by atoms with Gasteiger partial charge in [0.05, 0.1) is 35.8 Å². The Morgan fingerprint density at radius 3 is 2.43 bits per heavy atom. The summed E-state index contributed by atoms with van der Waals surface area (Å²) < 4.78 is 46.6. The molecule has 0 spiro atoms. The number of ether oxygens (including phenoxy) is 1. The van der Waals surface area contributed by atoms with E-state index in [9.17, 15) is 12.8 Å². The Morgan fingerprint density at radius 2 is 1.76 bits per heavy atom. The molecule has 0 bridgehead atoms. The number of hydrogen-bond donors (Lipinski definition) is 2. The zero-order valence-corrected chi connectivity index (χ0v) is 25.1. The number of benzene rings is 1. The molecule has 0 radical (unpaired) electrons. The largest absolute Gasteiger partial charge is 0.480 e. The summed E-state index contributed by atoms with van der Waals surface area (Å²) in [5.41, 5.74) is 4.13. The fourth-order valence-electron chi connectivity index (χ4n) is 5.33. The highest BCUT2D eigenvalue weighted by Gasteiger charge is 2.23. The quantitative estimate of drug-likeness (QED) is 0.261. The molecule has 2 N–H and O–H groups in total. The van der Waals surface area contributed by atoms with E-state index in [2.05, 4.69) is 45.9 Å². The molecule has 0 atom stereocenters. The molecule has 0 saturated heterocycles. The van der Waals surface area contributed by atoms with Crippen molar-refractivity contribution in [2.45, 2.75) is 56.9 Å². The van der Waals surface area contributed by atoms with Crippen LogP contribution in [0.4, 0.5) is 16.2 Å². The van der Waals surface area contributed by atoms with E-state index in [1.807, 2.05) is 6.07 Å². The fourth-order valence-corrected chi connectivity index (χ4v) is 6.46. The van der Waals surface area contributed by atoms with Crippen LogP contribution in [0.3, 0.4) is 0 Å². The number of pyridine rings is 2. The predicted octanol–water partition coefficient (Wildman–Crippen LogP) is 5.02. The van der Waals surface area contributed by atoms with Crippen molar-refractivity contribution in [1.82, 2.24) is 24.8 Å². The molecule has 10 nitrogen and oxygen atoms in total. The fraction of sp³-hybridized carbons (Fsp3) is 0.400. The van der Waals surface area contributed by atoms with Gasteiger partial charge in [0.1, 0.15) is 17.2 Å². The normalized spacial score (nSPS) is 17.4. The van der Waals surface area contributed by atoms with Crippen LogP contribution in [0, 0.1) is 5.82 Å². The number of anilines is 2. The highest BCUT2D eigenvalue weighted by atomic mass is 32.2. The second-order valence-electron chi connectivity index (χ2n) is 10.8. The summed E-state index contributed by atoms with van der Waals surface area (Å²) in [4.78, 5) is 20.9. The molecule has 222 valence electrons. The summed E-state index contributed by atoms with van der Waals surface area (Å²) in [6, 6.07) is 11.5. The maximum absolute atomic E-state index is 13.2. The summed E-state index contributed by atoms with van der Waals surface area (Å²) >= 11 is 0. The van der Waals surface area contributed by atoms with Gasteiger partial charge in [0.25, 0.3) is 0 Å². The Labute approximate surface area is 245 Å². The van der Waals surface area contributed by atoms with Gasteiger partial charge >= 0.3 is 0 Å². The molecule has 42 heavy (non-hydrogen) atoms. The number of sulfonamides is 1. The van der Waals surface area contributed by atoms with E-state index in [0.717, 1.165) is 43.2 Å². The van der Waals surface area contributed by atoms with Gasteiger partial charge in [-0.25, -0.2) is 27.8 Å². The Balaban J connectivity index is 1.36. The summed E-state index contributed by atoms with van der Waals surface area (Å²) in [5, 5.41) is 3.52. The molecule has 5 rings (SSSR count). The van der Waals surface area contributed by atoms with Gasteiger partial charge in [-0.1, -0.05) is 19.1 Å². The molecule has 1 saturated carbocycles. The van der Waals surface area contributed by atoms with Gasteiger partial charge < -0.3 is 15.0 Å². The van der Waals surface area contributed by atoms with Crippen LogP contribution in [0.25, 0.3) is 22.3 Å². The standard InChI is InChI=1S/C30H36FN7O3S/c1-5-20-16-25(34-26-17-32-30(36-28(20)26)33-22-10-12-23(13-11-22)38(2)3)24-14-15-27(35-29(24)41-4)37-42(39,40)18-19-6-8-21(31)9-7-19/h6-9,14-17,22-23H,5,10-13,18H2,1-4H3,(H,35,37)(H,32,33,36)/t22-,23-. The molecule has 12 heteroatoms.